The fourth-order valence-corrected chi connectivity index (χ4v) is 1.33. The Hall–Kier alpha value is -1.89. The highest BCUT2D eigenvalue weighted by Crippen LogP contribution is 1.96. The summed E-state index contributed by atoms with van der Waals surface area (Å²) in [6.45, 7) is 1.04. The van der Waals surface area contributed by atoms with E-state index in [2.05, 4.69) is 15.7 Å². The Morgan fingerprint density at radius 2 is 2.33 bits per heavy atom. The average molecular weight is 254 g/mol. The molecule has 100 valence electrons. The second kappa shape index (κ2) is 7.44. The maximum Gasteiger partial charge on any atom is 0.269 e. The molecule has 7 nitrogen and oxygen atoms in total. The van der Waals surface area contributed by atoms with E-state index in [1.54, 1.807) is 14.2 Å². The summed E-state index contributed by atoms with van der Waals surface area (Å²) in [5.74, 6) is -0.238. The molecular weight excluding hydrogens is 236 g/mol. The van der Waals surface area contributed by atoms with Crippen molar-refractivity contribution in [2.75, 3.05) is 32.6 Å². The molecule has 0 saturated carbocycles. The second-order valence-corrected chi connectivity index (χ2v) is 3.69. The number of hydrogen-bond donors (Lipinski definition) is 2. The van der Waals surface area contributed by atoms with Crippen LogP contribution in [0.5, 0.6) is 0 Å². The Labute approximate surface area is 105 Å². The monoisotopic (exact) mass is 254 g/mol. The molecule has 7 heteroatoms. The van der Waals surface area contributed by atoms with Gasteiger partial charge in [-0.1, -0.05) is 0 Å². The third kappa shape index (κ3) is 4.54. The summed E-state index contributed by atoms with van der Waals surface area (Å²) in [6.07, 6.45) is 2.24. The first kappa shape index (κ1) is 14.2. The van der Waals surface area contributed by atoms with Crippen molar-refractivity contribution in [3.63, 3.8) is 0 Å². The molecule has 0 aliphatic rings. The van der Waals surface area contributed by atoms with Crippen LogP contribution in [0.1, 0.15) is 6.42 Å². The van der Waals surface area contributed by atoms with Crippen LogP contribution in [0.15, 0.2) is 17.1 Å². The number of methoxy groups -OCH3 is 1. The lowest BCUT2D eigenvalue weighted by Crippen LogP contribution is -2.34. The van der Waals surface area contributed by atoms with Crippen molar-refractivity contribution < 1.29 is 9.53 Å². The Morgan fingerprint density at radius 3 is 2.94 bits per heavy atom. The van der Waals surface area contributed by atoms with E-state index in [1.807, 2.05) is 0 Å². The van der Waals surface area contributed by atoms with Crippen molar-refractivity contribution in [2.45, 2.75) is 13.0 Å². The first-order valence-electron chi connectivity index (χ1n) is 5.68. The number of ether oxygens (including phenoxy) is 1. The van der Waals surface area contributed by atoms with Gasteiger partial charge in [-0.05, 0) is 6.42 Å². The van der Waals surface area contributed by atoms with Gasteiger partial charge in [0.2, 0.25) is 5.91 Å². The molecule has 1 amide bonds. The number of carbonyl (C=O) groups is 1. The quantitative estimate of drug-likeness (QED) is 0.637. The minimum Gasteiger partial charge on any atom is -0.387 e. The normalized spacial score (nSPS) is 10.1. The van der Waals surface area contributed by atoms with E-state index in [1.165, 1.54) is 12.3 Å². The summed E-state index contributed by atoms with van der Waals surface area (Å²) in [5, 5.41) is 9.38. The molecule has 0 radical (unpaired) electrons. The van der Waals surface area contributed by atoms with Crippen molar-refractivity contribution in [3.8, 4) is 0 Å². The van der Waals surface area contributed by atoms with E-state index in [0.717, 1.165) is 11.1 Å². The molecule has 1 aromatic rings. The van der Waals surface area contributed by atoms with Gasteiger partial charge < -0.3 is 15.4 Å². The van der Waals surface area contributed by atoms with Gasteiger partial charge in [-0.15, -0.1) is 0 Å². The molecule has 0 aliphatic heterocycles. The van der Waals surface area contributed by atoms with Gasteiger partial charge in [0.25, 0.3) is 5.56 Å². The maximum atomic E-state index is 11.6. The van der Waals surface area contributed by atoms with Crippen LogP contribution in [0.25, 0.3) is 0 Å². The highest BCUT2D eigenvalue weighted by atomic mass is 16.5. The zero-order chi connectivity index (χ0) is 13.4. The number of rotatable bonds is 7. The fraction of sp³-hybridized carbons (Fsp3) is 0.545. The maximum absolute atomic E-state index is 11.6. The Bertz CT molecular complexity index is 444. The Kier molecular flexibility index (Phi) is 5.86. The molecule has 0 unspecified atom stereocenters. The molecule has 0 aromatic carbocycles. The largest absolute Gasteiger partial charge is 0.387 e. The summed E-state index contributed by atoms with van der Waals surface area (Å²) < 4.78 is 5.98. The molecule has 18 heavy (non-hydrogen) atoms. The number of amides is 1. The molecule has 0 atom stereocenters. The molecule has 1 heterocycles. The van der Waals surface area contributed by atoms with Crippen LogP contribution in [0.3, 0.4) is 0 Å². The Morgan fingerprint density at radius 1 is 1.56 bits per heavy atom. The predicted octanol–water partition coefficient (Wildman–Crippen LogP) is -0.562. The summed E-state index contributed by atoms with van der Waals surface area (Å²) >= 11 is 0. The van der Waals surface area contributed by atoms with Crippen LogP contribution in [0.2, 0.25) is 0 Å². The highest BCUT2D eigenvalue weighted by molar-refractivity contribution is 5.75. The third-order valence-electron chi connectivity index (χ3n) is 2.30. The topological polar surface area (TPSA) is 85.2 Å². The van der Waals surface area contributed by atoms with Crippen molar-refractivity contribution >= 4 is 11.6 Å². The predicted molar refractivity (Wildman–Crippen MR) is 67.5 cm³/mol. The summed E-state index contributed by atoms with van der Waals surface area (Å²) in [4.78, 5) is 23.1. The van der Waals surface area contributed by atoms with Crippen molar-refractivity contribution in [1.82, 2.24) is 15.1 Å². The second-order valence-electron chi connectivity index (χ2n) is 3.69. The first-order chi connectivity index (χ1) is 8.67. The summed E-state index contributed by atoms with van der Waals surface area (Å²) in [6, 6.07) is 1.39. The van der Waals surface area contributed by atoms with Gasteiger partial charge in [-0.3, -0.25) is 9.59 Å². The summed E-state index contributed by atoms with van der Waals surface area (Å²) in [7, 11) is 3.30. The lowest BCUT2D eigenvalue weighted by Gasteiger charge is -2.07. The van der Waals surface area contributed by atoms with E-state index < -0.39 is 0 Å². The van der Waals surface area contributed by atoms with Crippen LogP contribution in [0, 0.1) is 0 Å². The van der Waals surface area contributed by atoms with Gasteiger partial charge in [0.05, 0.1) is 11.9 Å². The molecule has 0 saturated heterocycles. The number of nitrogens with one attached hydrogen (secondary N) is 2. The number of hydrogen-bond acceptors (Lipinski definition) is 5. The van der Waals surface area contributed by atoms with Crippen molar-refractivity contribution in [1.29, 1.82) is 0 Å². The Balaban J connectivity index is 2.47. The molecule has 0 aliphatic carbocycles. The van der Waals surface area contributed by atoms with E-state index in [9.17, 15) is 9.59 Å². The fourth-order valence-electron chi connectivity index (χ4n) is 1.33. The van der Waals surface area contributed by atoms with Crippen molar-refractivity contribution in [2.24, 2.45) is 0 Å². The van der Waals surface area contributed by atoms with Gasteiger partial charge in [0, 0.05) is 33.4 Å². The zero-order valence-electron chi connectivity index (χ0n) is 10.6. The third-order valence-corrected chi connectivity index (χ3v) is 2.30. The zero-order valence-corrected chi connectivity index (χ0v) is 10.6. The SMILES string of the molecule is CNc1cnn(CC(=O)NCCCOC)c(=O)c1. The van der Waals surface area contributed by atoms with Crippen molar-refractivity contribution in [3.05, 3.63) is 22.6 Å². The van der Waals surface area contributed by atoms with Gasteiger partial charge >= 0.3 is 0 Å². The van der Waals surface area contributed by atoms with E-state index in [0.29, 0.717) is 18.8 Å². The lowest BCUT2D eigenvalue weighted by atomic mass is 10.4. The molecule has 0 spiro atoms. The highest BCUT2D eigenvalue weighted by Gasteiger charge is 2.05. The minimum atomic E-state index is -0.311. The van der Waals surface area contributed by atoms with E-state index in [4.69, 9.17) is 4.74 Å². The lowest BCUT2D eigenvalue weighted by molar-refractivity contribution is -0.121. The molecule has 2 N–H and O–H groups in total. The van der Waals surface area contributed by atoms with Gasteiger partial charge in [-0.2, -0.15) is 5.10 Å². The van der Waals surface area contributed by atoms with Crippen LogP contribution in [-0.2, 0) is 16.1 Å². The standard InChI is InChI=1S/C11H18N4O3/c1-12-9-6-11(17)15(14-7-9)8-10(16)13-4-3-5-18-2/h6-7,12H,3-5,8H2,1-2H3,(H,13,16). The summed E-state index contributed by atoms with van der Waals surface area (Å²) in [5.41, 5.74) is 0.311. The number of aromatic nitrogens is 2. The van der Waals surface area contributed by atoms with Gasteiger partial charge in [0.1, 0.15) is 6.54 Å². The van der Waals surface area contributed by atoms with Gasteiger partial charge in [0.15, 0.2) is 0 Å². The molecular formula is C11H18N4O3. The van der Waals surface area contributed by atoms with Crippen LogP contribution >= 0.6 is 0 Å². The minimum absolute atomic E-state index is 0.0736. The average Bonchev–Trinajstić information content (AvgIpc) is 2.37. The number of nitrogens with zero attached hydrogens (tertiary/aromatic N) is 2. The first-order valence-corrected chi connectivity index (χ1v) is 5.68. The smallest absolute Gasteiger partial charge is 0.269 e. The number of carbonyl (C=O) groups excluding carboxylic acids is 1. The van der Waals surface area contributed by atoms with Crippen LogP contribution < -0.4 is 16.2 Å². The van der Waals surface area contributed by atoms with E-state index in [-0.39, 0.29) is 18.0 Å². The van der Waals surface area contributed by atoms with Crippen LogP contribution in [0.4, 0.5) is 5.69 Å². The molecule has 0 fully saturated rings. The van der Waals surface area contributed by atoms with Gasteiger partial charge in [-0.25, -0.2) is 4.68 Å². The van der Waals surface area contributed by atoms with Crippen LogP contribution in [-0.4, -0.2) is 43.0 Å². The number of anilines is 1. The van der Waals surface area contributed by atoms with E-state index >= 15 is 0 Å². The molecule has 0 bridgehead atoms. The molecule has 1 rings (SSSR count). The molecule has 1 aromatic heterocycles.